The lowest BCUT2D eigenvalue weighted by Gasteiger charge is -2.32. The summed E-state index contributed by atoms with van der Waals surface area (Å²) in [6, 6.07) is 33.3. The van der Waals surface area contributed by atoms with Gasteiger partial charge in [0.15, 0.2) is 0 Å². The minimum absolute atomic E-state index is 0.207. The number of hydrogen-bond donors (Lipinski definition) is 0. The Balaban J connectivity index is 1.51. The Kier molecular flexibility index (Phi) is 6.57. The highest BCUT2D eigenvalue weighted by atomic mass is 79.9. The summed E-state index contributed by atoms with van der Waals surface area (Å²) in [7, 11) is 0. The number of rotatable bonds is 8. The van der Waals surface area contributed by atoms with Gasteiger partial charge < -0.3 is 9.47 Å². The summed E-state index contributed by atoms with van der Waals surface area (Å²) in [5.41, 5.74) is 5.04. The van der Waals surface area contributed by atoms with E-state index in [1.54, 1.807) is 0 Å². The highest BCUT2D eigenvalue weighted by Crippen LogP contribution is 2.54. The number of ether oxygens (including phenoxy) is 2. The summed E-state index contributed by atoms with van der Waals surface area (Å²) in [5, 5.41) is 0. The van der Waals surface area contributed by atoms with E-state index in [1.807, 2.05) is 60.7 Å². The Morgan fingerprint density at radius 2 is 0.970 bits per heavy atom. The molecule has 0 saturated carbocycles. The monoisotopic (exact) mass is 562 g/mol. The molecule has 4 aromatic rings. The fourth-order valence-electron chi connectivity index (χ4n) is 4.82. The van der Waals surface area contributed by atoms with Crippen molar-refractivity contribution >= 4 is 31.9 Å². The molecule has 0 amide bonds. The third-order valence-corrected chi connectivity index (χ3v) is 7.35. The molecule has 0 radical (unpaired) electrons. The van der Waals surface area contributed by atoms with E-state index < -0.39 is 0 Å². The topological polar surface area (TPSA) is 18.5 Å². The van der Waals surface area contributed by atoms with Crippen LogP contribution >= 0.6 is 31.9 Å². The maximum atomic E-state index is 6.18. The fraction of sp³-hybridized carbons (Fsp3) is 0.172. The molecule has 1 aliphatic rings. The van der Waals surface area contributed by atoms with E-state index in [0.29, 0.717) is 13.2 Å². The standard InChI is InChI=1S/C29H24Br2O2/c30-21-11-13-25-26-14-12-22(31)20-28(26)29(27(25)19-21,15-17-32-23-7-3-1-4-8-23)16-18-33-24-9-5-2-6-10-24/h1-14,19-20H,15-18H2. The molecule has 33 heavy (non-hydrogen) atoms. The van der Waals surface area contributed by atoms with Gasteiger partial charge in [-0.25, -0.2) is 0 Å². The number of fused-ring (bicyclic) bond motifs is 3. The molecule has 166 valence electrons. The van der Waals surface area contributed by atoms with Crippen molar-refractivity contribution < 1.29 is 9.47 Å². The largest absolute Gasteiger partial charge is 0.494 e. The highest BCUT2D eigenvalue weighted by molar-refractivity contribution is 9.10. The van der Waals surface area contributed by atoms with Gasteiger partial charge in [-0.05, 0) is 83.6 Å². The molecule has 0 bridgehead atoms. The average molecular weight is 564 g/mol. The van der Waals surface area contributed by atoms with E-state index in [1.165, 1.54) is 22.3 Å². The molecule has 5 rings (SSSR count). The van der Waals surface area contributed by atoms with Gasteiger partial charge in [0.1, 0.15) is 11.5 Å². The summed E-state index contributed by atoms with van der Waals surface area (Å²) < 4.78 is 14.5. The number of hydrogen-bond acceptors (Lipinski definition) is 2. The highest BCUT2D eigenvalue weighted by Gasteiger charge is 2.43. The van der Waals surface area contributed by atoms with E-state index in [0.717, 1.165) is 33.3 Å². The molecule has 0 saturated heterocycles. The SMILES string of the molecule is Brc1ccc2c(c1)C(CCOc1ccccc1)(CCOc1ccccc1)c1cc(Br)ccc1-2. The van der Waals surface area contributed by atoms with Gasteiger partial charge >= 0.3 is 0 Å². The van der Waals surface area contributed by atoms with Gasteiger partial charge in [-0.15, -0.1) is 0 Å². The van der Waals surface area contributed by atoms with Crippen molar-refractivity contribution in [3.63, 3.8) is 0 Å². The Labute approximate surface area is 211 Å². The molecule has 0 atom stereocenters. The first-order chi connectivity index (χ1) is 16.2. The van der Waals surface area contributed by atoms with Gasteiger partial charge in [0.25, 0.3) is 0 Å². The van der Waals surface area contributed by atoms with Crippen LogP contribution in [0.4, 0.5) is 0 Å². The minimum atomic E-state index is -0.207. The predicted molar refractivity (Wildman–Crippen MR) is 141 cm³/mol. The molecule has 0 aliphatic heterocycles. The molecule has 0 N–H and O–H groups in total. The average Bonchev–Trinajstić information content (AvgIpc) is 3.09. The first-order valence-electron chi connectivity index (χ1n) is 11.1. The molecule has 0 fully saturated rings. The van der Waals surface area contributed by atoms with Crippen molar-refractivity contribution in [1.29, 1.82) is 0 Å². The smallest absolute Gasteiger partial charge is 0.119 e. The van der Waals surface area contributed by atoms with Gasteiger partial charge in [-0.2, -0.15) is 0 Å². The summed E-state index contributed by atoms with van der Waals surface area (Å²) in [6.45, 7) is 1.24. The Morgan fingerprint density at radius 1 is 0.545 bits per heavy atom. The summed E-state index contributed by atoms with van der Waals surface area (Å²) in [6.07, 6.45) is 1.71. The molecule has 0 aromatic heterocycles. The molecule has 0 unspecified atom stereocenters. The maximum Gasteiger partial charge on any atom is 0.119 e. The Bertz CT molecular complexity index is 1140. The zero-order chi connectivity index (χ0) is 22.7. The van der Waals surface area contributed by atoms with Crippen LogP contribution in [0, 0.1) is 0 Å². The van der Waals surface area contributed by atoms with Gasteiger partial charge in [0.05, 0.1) is 13.2 Å². The summed E-state index contributed by atoms with van der Waals surface area (Å²) >= 11 is 7.43. The van der Waals surface area contributed by atoms with Gasteiger partial charge in [-0.3, -0.25) is 0 Å². The van der Waals surface area contributed by atoms with Crippen LogP contribution in [0.15, 0.2) is 106 Å². The maximum absolute atomic E-state index is 6.18. The molecular formula is C29H24Br2O2. The van der Waals surface area contributed by atoms with Crippen molar-refractivity contribution in [2.45, 2.75) is 18.3 Å². The van der Waals surface area contributed by atoms with Crippen molar-refractivity contribution in [2.75, 3.05) is 13.2 Å². The van der Waals surface area contributed by atoms with Gasteiger partial charge in [0, 0.05) is 14.4 Å². The van der Waals surface area contributed by atoms with Crippen molar-refractivity contribution in [1.82, 2.24) is 0 Å². The van der Waals surface area contributed by atoms with Crippen molar-refractivity contribution in [3.05, 3.63) is 117 Å². The third-order valence-electron chi connectivity index (χ3n) is 6.37. The predicted octanol–water partition coefficient (Wildman–Crippen LogP) is 8.42. The van der Waals surface area contributed by atoms with Crippen LogP contribution in [0.5, 0.6) is 11.5 Å². The van der Waals surface area contributed by atoms with Crippen molar-refractivity contribution in [3.8, 4) is 22.6 Å². The molecule has 1 aliphatic carbocycles. The Hall–Kier alpha value is -2.56. The molecule has 0 heterocycles. The van der Waals surface area contributed by atoms with E-state index in [-0.39, 0.29) is 5.41 Å². The van der Waals surface area contributed by atoms with Crippen LogP contribution in [0.1, 0.15) is 24.0 Å². The second-order valence-corrected chi connectivity index (χ2v) is 10.1. The van der Waals surface area contributed by atoms with Crippen LogP contribution in [-0.2, 0) is 5.41 Å². The molecule has 0 spiro atoms. The lowest BCUT2D eigenvalue weighted by molar-refractivity contribution is 0.233. The first kappa shape index (κ1) is 22.2. The van der Waals surface area contributed by atoms with E-state index in [4.69, 9.17) is 9.47 Å². The normalized spacial score (nSPS) is 13.3. The van der Waals surface area contributed by atoms with Gasteiger partial charge in [-0.1, -0.05) is 80.4 Å². The molecule has 4 aromatic carbocycles. The zero-order valence-corrected chi connectivity index (χ0v) is 21.3. The van der Waals surface area contributed by atoms with E-state index in [9.17, 15) is 0 Å². The third kappa shape index (κ3) is 4.60. The first-order valence-corrected chi connectivity index (χ1v) is 12.7. The van der Waals surface area contributed by atoms with Crippen LogP contribution < -0.4 is 9.47 Å². The second kappa shape index (κ2) is 9.74. The minimum Gasteiger partial charge on any atom is -0.494 e. The lowest BCUT2D eigenvalue weighted by atomic mass is 9.73. The van der Waals surface area contributed by atoms with Crippen LogP contribution in [0.25, 0.3) is 11.1 Å². The lowest BCUT2D eigenvalue weighted by Crippen LogP contribution is -2.30. The quantitative estimate of drug-likeness (QED) is 0.214. The van der Waals surface area contributed by atoms with E-state index >= 15 is 0 Å². The second-order valence-electron chi connectivity index (χ2n) is 8.28. The van der Waals surface area contributed by atoms with Crippen LogP contribution in [-0.4, -0.2) is 13.2 Å². The van der Waals surface area contributed by atoms with Crippen LogP contribution in [0.3, 0.4) is 0 Å². The van der Waals surface area contributed by atoms with Crippen molar-refractivity contribution in [2.24, 2.45) is 0 Å². The fourth-order valence-corrected chi connectivity index (χ4v) is 5.55. The summed E-state index contributed by atoms with van der Waals surface area (Å²) in [5.74, 6) is 1.80. The molecular weight excluding hydrogens is 540 g/mol. The number of halogens is 2. The molecule has 2 nitrogen and oxygen atoms in total. The number of benzene rings is 4. The Morgan fingerprint density at radius 3 is 1.39 bits per heavy atom. The zero-order valence-electron chi connectivity index (χ0n) is 18.1. The van der Waals surface area contributed by atoms with Crippen LogP contribution in [0.2, 0.25) is 0 Å². The molecule has 4 heteroatoms. The van der Waals surface area contributed by atoms with E-state index in [2.05, 4.69) is 68.3 Å². The number of para-hydroxylation sites is 2. The van der Waals surface area contributed by atoms with Gasteiger partial charge in [0.2, 0.25) is 0 Å². The summed E-state index contributed by atoms with van der Waals surface area (Å²) in [4.78, 5) is 0.